The van der Waals surface area contributed by atoms with E-state index in [1.807, 2.05) is 19.0 Å². The van der Waals surface area contributed by atoms with E-state index in [0.717, 1.165) is 34.8 Å². The lowest BCUT2D eigenvalue weighted by atomic mass is 9.86. The van der Waals surface area contributed by atoms with Gasteiger partial charge in [-0.25, -0.2) is 9.37 Å². The molecule has 0 fully saturated rings. The number of aromatic nitrogens is 1. The van der Waals surface area contributed by atoms with Crippen molar-refractivity contribution in [1.29, 1.82) is 0 Å². The summed E-state index contributed by atoms with van der Waals surface area (Å²) in [6.07, 6.45) is 1.07. The van der Waals surface area contributed by atoms with E-state index in [1.54, 1.807) is 12.1 Å². The van der Waals surface area contributed by atoms with Crippen LogP contribution in [0.15, 0.2) is 30.3 Å². The van der Waals surface area contributed by atoms with Crippen LogP contribution in [0.4, 0.5) is 10.2 Å². The van der Waals surface area contributed by atoms with Crippen LogP contribution >= 0.6 is 0 Å². The zero-order valence-corrected chi connectivity index (χ0v) is 23.5. The largest absolute Gasteiger partial charge is 0.484 e. The van der Waals surface area contributed by atoms with Crippen LogP contribution in [0.2, 0.25) is 0 Å². The number of nitrogens with zero attached hydrogens (tertiary/aromatic N) is 2. The Morgan fingerprint density at radius 3 is 2.49 bits per heavy atom. The first kappa shape index (κ1) is 28.9. The molecule has 0 aliphatic carbocycles. The lowest BCUT2D eigenvalue weighted by Crippen LogP contribution is -2.49. The summed E-state index contributed by atoms with van der Waals surface area (Å²) in [5.41, 5.74) is 2.51. The van der Waals surface area contributed by atoms with Gasteiger partial charge in [-0.05, 0) is 55.9 Å². The van der Waals surface area contributed by atoms with Crippen molar-refractivity contribution in [1.82, 2.24) is 15.6 Å². The van der Waals surface area contributed by atoms with E-state index < -0.39 is 17.7 Å². The van der Waals surface area contributed by atoms with Crippen molar-refractivity contribution in [2.45, 2.75) is 84.6 Å². The van der Waals surface area contributed by atoms with E-state index in [2.05, 4.69) is 51.3 Å². The van der Waals surface area contributed by atoms with Crippen LogP contribution in [0.3, 0.4) is 0 Å². The molecule has 204 valence electrons. The number of ether oxygens (including phenoxy) is 1. The second kappa shape index (κ2) is 11.4. The molecule has 0 saturated heterocycles. The molecule has 1 aromatic carbocycles. The van der Waals surface area contributed by atoms with Crippen LogP contribution in [0.5, 0.6) is 5.75 Å². The molecule has 1 amide bonds. The predicted octanol–water partition coefficient (Wildman–Crippen LogP) is 4.18. The van der Waals surface area contributed by atoms with E-state index in [9.17, 15) is 14.3 Å². The molecular weight excluding hydrogens is 471 g/mol. The van der Waals surface area contributed by atoms with Crippen LogP contribution in [0, 0.1) is 11.2 Å². The Hall–Kier alpha value is -2.71. The molecule has 2 aromatic rings. The van der Waals surface area contributed by atoms with E-state index in [0.29, 0.717) is 12.8 Å². The van der Waals surface area contributed by atoms with Crippen LogP contribution in [-0.4, -0.2) is 54.4 Å². The number of aliphatic hydroxyl groups is 1. The number of fused-ring (bicyclic) bond motifs is 1. The van der Waals surface area contributed by atoms with Crippen molar-refractivity contribution < 1.29 is 19.0 Å². The van der Waals surface area contributed by atoms with Gasteiger partial charge in [0.2, 0.25) is 5.91 Å². The zero-order chi connectivity index (χ0) is 27.5. The Balaban J connectivity index is 1.86. The van der Waals surface area contributed by atoms with Gasteiger partial charge in [-0.1, -0.05) is 32.9 Å². The minimum atomic E-state index is -0.854. The highest BCUT2D eigenvalue weighted by Gasteiger charge is 2.37. The molecule has 37 heavy (non-hydrogen) atoms. The topological polar surface area (TPSA) is 86.7 Å². The summed E-state index contributed by atoms with van der Waals surface area (Å²) in [5.74, 6) is 1.01. The third-order valence-corrected chi connectivity index (χ3v) is 6.42. The van der Waals surface area contributed by atoms with Crippen molar-refractivity contribution in [2.24, 2.45) is 5.41 Å². The molecule has 3 N–H and O–H groups in total. The fourth-order valence-corrected chi connectivity index (χ4v) is 4.82. The lowest BCUT2D eigenvalue weighted by Gasteiger charge is -2.40. The third-order valence-electron chi connectivity index (χ3n) is 6.42. The summed E-state index contributed by atoms with van der Waals surface area (Å²) < 4.78 is 19.8. The van der Waals surface area contributed by atoms with E-state index in [-0.39, 0.29) is 29.7 Å². The first-order valence-corrected chi connectivity index (χ1v) is 13.0. The van der Waals surface area contributed by atoms with Gasteiger partial charge in [-0.2, -0.15) is 0 Å². The van der Waals surface area contributed by atoms with Crippen molar-refractivity contribution in [2.75, 3.05) is 25.5 Å². The zero-order valence-electron chi connectivity index (χ0n) is 23.5. The van der Waals surface area contributed by atoms with Crippen molar-refractivity contribution in [3.63, 3.8) is 0 Å². The third kappa shape index (κ3) is 8.14. The minimum absolute atomic E-state index is 0.0717. The molecule has 8 heteroatoms. The monoisotopic (exact) mass is 514 g/mol. The van der Waals surface area contributed by atoms with Gasteiger partial charge in [0.05, 0.1) is 12.1 Å². The van der Waals surface area contributed by atoms with Gasteiger partial charge in [0.25, 0.3) is 0 Å². The molecule has 1 aliphatic heterocycles. The maximum atomic E-state index is 13.4. The summed E-state index contributed by atoms with van der Waals surface area (Å²) in [6.45, 7) is 12.4. The summed E-state index contributed by atoms with van der Waals surface area (Å²) in [5, 5.41) is 17.5. The average molecular weight is 515 g/mol. The predicted molar refractivity (Wildman–Crippen MR) is 146 cm³/mol. The van der Waals surface area contributed by atoms with Crippen molar-refractivity contribution in [3.8, 4) is 5.75 Å². The molecule has 1 aliphatic rings. The first-order chi connectivity index (χ1) is 17.1. The number of hydrogen-bond donors (Lipinski definition) is 3. The number of pyridine rings is 1. The number of hydrogen-bond acceptors (Lipinski definition) is 6. The number of halogens is 1. The summed E-state index contributed by atoms with van der Waals surface area (Å²) in [4.78, 5) is 18.8. The number of rotatable bonds is 9. The Morgan fingerprint density at radius 2 is 1.92 bits per heavy atom. The van der Waals surface area contributed by atoms with Crippen LogP contribution in [0.1, 0.15) is 70.8 Å². The molecule has 3 atom stereocenters. The molecule has 0 spiro atoms. The molecule has 0 radical (unpaired) electrons. The second-order valence-corrected chi connectivity index (χ2v) is 12.2. The van der Waals surface area contributed by atoms with Gasteiger partial charge in [-0.15, -0.1) is 0 Å². The molecule has 0 saturated carbocycles. The van der Waals surface area contributed by atoms with Gasteiger partial charge < -0.3 is 25.4 Å². The van der Waals surface area contributed by atoms with Gasteiger partial charge in [0.1, 0.15) is 11.4 Å². The highest BCUT2D eigenvalue weighted by atomic mass is 19.1. The van der Waals surface area contributed by atoms with Gasteiger partial charge in [0, 0.05) is 51.3 Å². The molecule has 7 nitrogen and oxygen atoms in total. The molecule has 3 rings (SSSR count). The van der Waals surface area contributed by atoms with Gasteiger partial charge >= 0.3 is 0 Å². The number of benzene rings is 1. The number of carbonyl (C=O) groups excluding carboxylic acids is 1. The minimum Gasteiger partial charge on any atom is -0.484 e. The average Bonchev–Trinajstić information content (AvgIpc) is 2.76. The lowest BCUT2D eigenvalue weighted by molar-refractivity contribution is -0.120. The highest BCUT2D eigenvalue weighted by molar-refractivity contribution is 5.73. The molecule has 2 heterocycles. The van der Waals surface area contributed by atoms with E-state index in [1.165, 1.54) is 19.1 Å². The number of nitrogens with one attached hydrogen (secondary N) is 2. The van der Waals surface area contributed by atoms with Crippen LogP contribution in [-0.2, 0) is 17.6 Å². The summed E-state index contributed by atoms with van der Waals surface area (Å²) >= 11 is 0. The van der Waals surface area contributed by atoms with Crippen LogP contribution < -0.4 is 20.3 Å². The number of amides is 1. The summed E-state index contributed by atoms with van der Waals surface area (Å²) in [6, 6.07) is 7.65. The highest BCUT2D eigenvalue weighted by Crippen LogP contribution is 2.44. The quantitative estimate of drug-likeness (QED) is 0.466. The SMILES string of the molecule is CC(=O)N[C@@H](Cc1ccc(F)cc1)[C@H](O)CN[C@H]1CC(C)(C)Oc2c1cc(CC(C)(C)C)nc2N(C)C. The maximum Gasteiger partial charge on any atom is 0.217 e. The van der Waals surface area contributed by atoms with Gasteiger partial charge in [-0.3, -0.25) is 4.79 Å². The fraction of sp³-hybridized carbons (Fsp3) is 0.586. The van der Waals surface area contributed by atoms with Crippen molar-refractivity contribution in [3.05, 3.63) is 53.0 Å². The van der Waals surface area contributed by atoms with E-state index >= 15 is 0 Å². The van der Waals surface area contributed by atoms with Crippen LogP contribution in [0.25, 0.3) is 0 Å². The van der Waals surface area contributed by atoms with E-state index in [4.69, 9.17) is 9.72 Å². The van der Waals surface area contributed by atoms with Crippen molar-refractivity contribution >= 4 is 11.7 Å². The summed E-state index contributed by atoms with van der Waals surface area (Å²) in [7, 11) is 3.93. The maximum absolute atomic E-state index is 13.4. The smallest absolute Gasteiger partial charge is 0.217 e. The molecular formula is C29H43FN4O3. The Bertz CT molecular complexity index is 1080. The number of anilines is 1. The molecule has 1 aromatic heterocycles. The molecule has 0 unspecified atom stereocenters. The Morgan fingerprint density at radius 1 is 1.27 bits per heavy atom. The Labute approximate surface area is 220 Å². The Kier molecular flexibility index (Phi) is 8.85. The normalized spacial score (nSPS) is 18.4. The number of carbonyl (C=O) groups is 1. The van der Waals surface area contributed by atoms with Gasteiger partial charge in [0.15, 0.2) is 11.6 Å². The fourth-order valence-electron chi connectivity index (χ4n) is 4.82. The number of aliphatic hydroxyl groups excluding tert-OH is 1. The first-order valence-electron chi connectivity index (χ1n) is 13.0. The standard InChI is InChI=1S/C29H43FN4O3/c1-18(35)32-23(13-19-9-11-20(30)12-10-19)25(36)17-31-24-16-29(5,6)37-26-22(24)14-21(15-28(2,3)4)33-27(26)34(7)8/h9-12,14,23-25,31,36H,13,15-17H2,1-8H3,(H,32,35)/t23-,24-,25+/m0/s1. The molecule has 0 bridgehead atoms. The second-order valence-electron chi connectivity index (χ2n) is 12.2.